The van der Waals surface area contributed by atoms with Crippen LogP contribution in [-0.4, -0.2) is 44.8 Å². The van der Waals surface area contributed by atoms with Crippen LogP contribution in [0.3, 0.4) is 0 Å². The fourth-order valence-corrected chi connectivity index (χ4v) is 5.50. The molecule has 0 saturated carbocycles. The van der Waals surface area contributed by atoms with Crippen LogP contribution in [0.15, 0.2) is 54.6 Å². The predicted octanol–water partition coefficient (Wildman–Crippen LogP) is 6.62. The second kappa shape index (κ2) is 11.6. The zero-order valence-corrected chi connectivity index (χ0v) is 22.9. The summed E-state index contributed by atoms with van der Waals surface area (Å²) < 4.78 is 80.9. The Morgan fingerprint density at radius 1 is 1.09 bits per heavy atom. The van der Waals surface area contributed by atoms with E-state index >= 15 is 0 Å². The first kappa shape index (κ1) is 29.1. The number of aromatic nitrogens is 2. The molecule has 0 aliphatic carbocycles. The summed E-state index contributed by atoms with van der Waals surface area (Å²) >= 11 is 0. The van der Waals surface area contributed by atoms with Crippen LogP contribution in [-0.2, 0) is 43.6 Å². The number of carboxylic acid groups (broad SMARTS) is 1. The van der Waals surface area contributed by atoms with E-state index in [1.165, 1.54) is 36.4 Å². The summed E-state index contributed by atoms with van der Waals surface area (Å²) in [6.45, 7) is 2.24. The topological polar surface area (TPSA) is 76.8 Å². The zero-order valence-electron chi connectivity index (χ0n) is 22.9. The molecule has 1 saturated heterocycles. The minimum atomic E-state index is -4.63. The van der Waals surface area contributed by atoms with Crippen molar-refractivity contribution in [3.05, 3.63) is 93.8 Å². The lowest BCUT2D eigenvalue weighted by Crippen LogP contribution is -2.34. The molecular formula is C31H28F5N3O4. The molecule has 2 aliphatic rings. The number of carboxylic acids is 1. The molecule has 4 aromatic rings. The van der Waals surface area contributed by atoms with Gasteiger partial charge in [0.05, 0.1) is 41.4 Å². The Morgan fingerprint density at radius 2 is 1.86 bits per heavy atom. The first-order valence-corrected chi connectivity index (χ1v) is 13.8. The van der Waals surface area contributed by atoms with Crippen LogP contribution in [0.5, 0.6) is 5.75 Å². The summed E-state index contributed by atoms with van der Waals surface area (Å²) in [6.07, 6.45) is -6.00. The van der Waals surface area contributed by atoms with Crippen LogP contribution in [0.25, 0.3) is 11.0 Å². The number of carbonyl (C=O) groups is 1. The third kappa shape index (κ3) is 6.21. The van der Waals surface area contributed by atoms with Crippen molar-refractivity contribution in [1.82, 2.24) is 14.5 Å². The Labute approximate surface area is 243 Å². The van der Waals surface area contributed by atoms with E-state index in [4.69, 9.17) is 14.5 Å². The van der Waals surface area contributed by atoms with Gasteiger partial charge in [0.2, 0.25) is 0 Å². The van der Waals surface area contributed by atoms with Crippen LogP contribution in [0.4, 0.5) is 22.0 Å². The van der Waals surface area contributed by atoms with Crippen molar-refractivity contribution in [2.45, 2.75) is 57.8 Å². The summed E-state index contributed by atoms with van der Waals surface area (Å²) in [6, 6.07) is 12.6. The molecule has 1 aromatic heterocycles. The van der Waals surface area contributed by atoms with Crippen LogP contribution in [0, 0.1) is 0 Å². The van der Waals surface area contributed by atoms with Gasteiger partial charge in [0.25, 0.3) is 6.43 Å². The van der Waals surface area contributed by atoms with Gasteiger partial charge in [0, 0.05) is 25.3 Å². The molecule has 43 heavy (non-hydrogen) atoms. The number of aromatic carboxylic acids is 1. The molecule has 2 aliphatic heterocycles. The Balaban J connectivity index is 1.25. The molecule has 12 heteroatoms. The van der Waals surface area contributed by atoms with Crippen molar-refractivity contribution in [2.24, 2.45) is 0 Å². The van der Waals surface area contributed by atoms with Crippen molar-refractivity contribution in [3.63, 3.8) is 0 Å². The minimum Gasteiger partial charge on any atom is -0.488 e. The van der Waals surface area contributed by atoms with Gasteiger partial charge >= 0.3 is 12.1 Å². The van der Waals surface area contributed by atoms with E-state index in [1.807, 2.05) is 4.57 Å². The van der Waals surface area contributed by atoms with E-state index < -0.39 is 24.1 Å². The molecular weight excluding hydrogens is 573 g/mol. The Bertz CT molecular complexity index is 1650. The predicted molar refractivity (Wildman–Crippen MR) is 146 cm³/mol. The molecule has 3 heterocycles. The number of hydrogen-bond donors (Lipinski definition) is 1. The summed E-state index contributed by atoms with van der Waals surface area (Å²) in [5.74, 6) is -0.640. The van der Waals surface area contributed by atoms with E-state index in [0.717, 1.165) is 12.5 Å². The van der Waals surface area contributed by atoms with Gasteiger partial charge in [-0.15, -0.1) is 0 Å². The molecule has 1 N–H and O–H groups in total. The fraction of sp³-hybridized carbons (Fsp3) is 0.355. The van der Waals surface area contributed by atoms with Gasteiger partial charge in [-0.05, 0) is 59.9 Å². The molecule has 0 unspecified atom stereocenters. The van der Waals surface area contributed by atoms with Crippen molar-refractivity contribution in [1.29, 1.82) is 0 Å². The van der Waals surface area contributed by atoms with E-state index in [1.54, 1.807) is 12.1 Å². The average Bonchev–Trinajstić information content (AvgIpc) is 3.28. The lowest BCUT2D eigenvalue weighted by molar-refractivity contribution is -0.139. The number of halogens is 5. The van der Waals surface area contributed by atoms with Crippen LogP contribution in [0.1, 0.15) is 56.8 Å². The molecule has 0 spiro atoms. The highest BCUT2D eigenvalue weighted by Crippen LogP contribution is 2.40. The number of hydrogen-bond acceptors (Lipinski definition) is 5. The van der Waals surface area contributed by atoms with Gasteiger partial charge < -0.3 is 19.1 Å². The SMILES string of the molecule is O=C(O)c1ccc2nc(CN3CCc4cc(C(F)(F)F)c(OCc5ccc(C(F)F)cc5)cc4C3)n(C[C@@H]3CCO3)c2c1. The normalized spacial score (nSPS) is 17.2. The second-order valence-corrected chi connectivity index (χ2v) is 10.8. The third-order valence-electron chi connectivity index (χ3n) is 7.94. The highest BCUT2D eigenvalue weighted by molar-refractivity contribution is 5.92. The van der Waals surface area contributed by atoms with E-state index in [2.05, 4.69) is 4.90 Å². The van der Waals surface area contributed by atoms with Crippen LogP contribution < -0.4 is 4.74 Å². The van der Waals surface area contributed by atoms with Crippen LogP contribution >= 0.6 is 0 Å². The van der Waals surface area contributed by atoms with E-state index in [-0.39, 0.29) is 29.6 Å². The van der Waals surface area contributed by atoms with Crippen molar-refractivity contribution >= 4 is 17.0 Å². The summed E-state index contributed by atoms with van der Waals surface area (Å²) in [5, 5.41) is 9.49. The summed E-state index contributed by atoms with van der Waals surface area (Å²) in [4.78, 5) is 18.4. The number of ether oxygens (including phenoxy) is 2. The van der Waals surface area contributed by atoms with Crippen molar-refractivity contribution < 1.29 is 41.3 Å². The van der Waals surface area contributed by atoms with Gasteiger partial charge in [-0.3, -0.25) is 4.90 Å². The largest absolute Gasteiger partial charge is 0.488 e. The van der Waals surface area contributed by atoms with Gasteiger partial charge in [0.1, 0.15) is 18.2 Å². The third-order valence-corrected chi connectivity index (χ3v) is 7.94. The average molecular weight is 602 g/mol. The Hall–Kier alpha value is -4.03. The smallest absolute Gasteiger partial charge is 0.419 e. The lowest BCUT2D eigenvalue weighted by atomic mass is 9.96. The number of imidazole rings is 1. The molecule has 7 nitrogen and oxygen atoms in total. The van der Waals surface area contributed by atoms with Crippen LogP contribution in [0.2, 0.25) is 0 Å². The molecule has 1 atom stereocenters. The molecule has 0 amide bonds. The first-order valence-electron chi connectivity index (χ1n) is 13.8. The molecule has 0 radical (unpaired) electrons. The monoisotopic (exact) mass is 601 g/mol. The molecule has 0 bridgehead atoms. The van der Waals surface area contributed by atoms with Crippen molar-refractivity contribution in [2.75, 3.05) is 13.2 Å². The van der Waals surface area contributed by atoms with Gasteiger partial charge in [-0.25, -0.2) is 18.6 Å². The maximum Gasteiger partial charge on any atom is 0.419 e. The summed E-state index contributed by atoms with van der Waals surface area (Å²) in [5.41, 5.74) is 2.20. The zero-order chi connectivity index (χ0) is 30.3. The first-order chi connectivity index (χ1) is 20.5. The molecule has 226 valence electrons. The highest BCUT2D eigenvalue weighted by Gasteiger charge is 2.36. The molecule has 1 fully saturated rings. The molecule has 6 rings (SSSR count). The van der Waals surface area contributed by atoms with Gasteiger partial charge in [-0.1, -0.05) is 24.3 Å². The second-order valence-electron chi connectivity index (χ2n) is 10.8. The van der Waals surface area contributed by atoms with Crippen molar-refractivity contribution in [3.8, 4) is 5.75 Å². The highest BCUT2D eigenvalue weighted by atomic mass is 19.4. The van der Waals surface area contributed by atoms with E-state index in [9.17, 15) is 31.9 Å². The summed E-state index contributed by atoms with van der Waals surface area (Å²) in [7, 11) is 0. The van der Waals surface area contributed by atoms with E-state index in [0.29, 0.717) is 72.8 Å². The molecule has 3 aromatic carbocycles. The number of nitrogens with zero attached hydrogens (tertiary/aromatic N) is 3. The number of rotatable bonds is 9. The van der Waals surface area contributed by atoms with Gasteiger partial charge in [0.15, 0.2) is 0 Å². The Morgan fingerprint density at radius 3 is 2.51 bits per heavy atom. The standard InChI is InChI=1S/C31H28F5N3O4/c32-29(33)19-3-1-18(2-4-19)17-43-27-13-22-14-38(9-7-20(22)11-24(27)31(34,35)36)16-28-37-25-6-5-21(30(40)41)12-26(25)39(28)15-23-8-10-42-23/h1-6,11-13,23,29H,7-10,14-17H2,(H,40,41)/t23-/m0/s1. The number of benzene rings is 3. The number of alkyl halides is 5. The quantitative estimate of drug-likeness (QED) is 0.218. The maximum absolute atomic E-state index is 14.0. The maximum atomic E-state index is 14.0. The fourth-order valence-electron chi connectivity index (χ4n) is 5.50. The number of fused-ring (bicyclic) bond motifs is 2. The minimum absolute atomic E-state index is 0.00112. The lowest BCUT2D eigenvalue weighted by Gasteiger charge is -2.31. The Kier molecular flexibility index (Phi) is 7.82. The van der Waals surface area contributed by atoms with Gasteiger partial charge in [-0.2, -0.15) is 13.2 Å².